The number of nitrogens with zero attached hydrogens (tertiary/aromatic N) is 4. The smallest absolute Gasteiger partial charge is 0.164 e. The number of hydrogen-bond acceptors (Lipinski definition) is 5. The Morgan fingerprint density at radius 3 is 2.88 bits per heavy atom. The van der Waals surface area contributed by atoms with Crippen molar-refractivity contribution in [2.45, 2.75) is 0 Å². The van der Waals surface area contributed by atoms with E-state index in [1.807, 2.05) is 12.1 Å². The van der Waals surface area contributed by atoms with E-state index in [0.29, 0.717) is 0 Å². The Labute approximate surface area is 93.1 Å². The molecule has 0 unspecified atom stereocenters. The van der Waals surface area contributed by atoms with Crippen LogP contribution >= 0.6 is 0 Å². The molecule has 1 aliphatic heterocycles. The van der Waals surface area contributed by atoms with Gasteiger partial charge in [0, 0.05) is 19.3 Å². The van der Waals surface area contributed by atoms with Gasteiger partial charge in [0.15, 0.2) is 5.65 Å². The second-order valence-electron chi connectivity index (χ2n) is 3.67. The minimum atomic E-state index is 0.749. The fourth-order valence-electron chi connectivity index (χ4n) is 1.91. The summed E-state index contributed by atoms with van der Waals surface area (Å²) in [5.74, 6) is 0.960. The summed E-state index contributed by atoms with van der Waals surface area (Å²) in [6.45, 7) is 3.26. The molecule has 16 heavy (non-hydrogen) atoms. The minimum absolute atomic E-state index is 0.749. The van der Waals surface area contributed by atoms with E-state index in [9.17, 15) is 0 Å². The molecule has 0 atom stereocenters. The van der Waals surface area contributed by atoms with Crippen molar-refractivity contribution in [1.82, 2.24) is 15.0 Å². The van der Waals surface area contributed by atoms with Gasteiger partial charge in [-0.3, -0.25) is 0 Å². The second-order valence-corrected chi connectivity index (χ2v) is 3.67. The van der Waals surface area contributed by atoms with Crippen LogP contribution in [0, 0.1) is 0 Å². The van der Waals surface area contributed by atoms with Gasteiger partial charge >= 0.3 is 0 Å². The maximum absolute atomic E-state index is 5.33. The third-order valence-electron chi connectivity index (χ3n) is 2.70. The van der Waals surface area contributed by atoms with Gasteiger partial charge in [-0.25, -0.2) is 15.0 Å². The fourth-order valence-corrected chi connectivity index (χ4v) is 1.91. The van der Waals surface area contributed by atoms with Crippen LogP contribution in [0.15, 0.2) is 24.7 Å². The Hall–Kier alpha value is -1.75. The lowest BCUT2D eigenvalue weighted by Gasteiger charge is -2.28. The predicted molar refractivity (Wildman–Crippen MR) is 60.4 cm³/mol. The standard InChI is InChI=1S/C11H12N4O/c1-2-9-10(12-3-1)13-8-14-11(9)15-4-6-16-7-5-15/h1-3,8H,4-7H2. The Balaban J connectivity index is 2.08. The molecular weight excluding hydrogens is 204 g/mol. The van der Waals surface area contributed by atoms with Gasteiger partial charge in [-0.05, 0) is 12.1 Å². The van der Waals surface area contributed by atoms with Gasteiger partial charge in [-0.2, -0.15) is 0 Å². The molecule has 1 saturated heterocycles. The maximum atomic E-state index is 5.33. The number of pyridine rings is 1. The lowest BCUT2D eigenvalue weighted by atomic mass is 10.3. The first-order valence-corrected chi connectivity index (χ1v) is 5.33. The van der Waals surface area contributed by atoms with Crippen LogP contribution < -0.4 is 4.90 Å². The first-order valence-electron chi connectivity index (χ1n) is 5.33. The van der Waals surface area contributed by atoms with E-state index in [0.717, 1.165) is 43.2 Å². The summed E-state index contributed by atoms with van der Waals surface area (Å²) in [6.07, 6.45) is 3.32. The van der Waals surface area contributed by atoms with E-state index in [4.69, 9.17) is 4.74 Å². The predicted octanol–water partition coefficient (Wildman–Crippen LogP) is 0.861. The van der Waals surface area contributed by atoms with Crippen molar-refractivity contribution < 1.29 is 4.74 Å². The van der Waals surface area contributed by atoms with Crippen LogP contribution in [0.4, 0.5) is 5.82 Å². The average molecular weight is 216 g/mol. The summed E-state index contributed by atoms with van der Waals surface area (Å²) in [5, 5.41) is 1.01. The van der Waals surface area contributed by atoms with Crippen LogP contribution in [0.1, 0.15) is 0 Å². The van der Waals surface area contributed by atoms with Gasteiger partial charge in [-0.1, -0.05) is 0 Å². The Morgan fingerprint density at radius 1 is 1.12 bits per heavy atom. The first kappa shape index (κ1) is 9.47. The molecule has 2 aromatic heterocycles. The van der Waals surface area contributed by atoms with Gasteiger partial charge < -0.3 is 9.64 Å². The number of fused-ring (bicyclic) bond motifs is 1. The molecule has 0 bridgehead atoms. The second kappa shape index (κ2) is 4.02. The van der Waals surface area contributed by atoms with E-state index in [1.54, 1.807) is 12.5 Å². The molecule has 82 valence electrons. The fraction of sp³-hybridized carbons (Fsp3) is 0.364. The molecule has 1 aliphatic rings. The molecule has 0 radical (unpaired) electrons. The molecule has 5 heteroatoms. The highest BCUT2D eigenvalue weighted by atomic mass is 16.5. The van der Waals surface area contributed by atoms with Crippen LogP contribution in [0.5, 0.6) is 0 Å². The van der Waals surface area contributed by atoms with Crippen molar-refractivity contribution in [3.63, 3.8) is 0 Å². The summed E-state index contributed by atoms with van der Waals surface area (Å²) in [7, 11) is 0. The molecule has 0 aliphatic carbocycles. The zero-order chi connectivity index (χ0) is 10.8. The van der Waals surface area contributed by atoms with Gasteiger partial charge in [-0.15, -0.1) is 0 Å². The zero-order valence-electron chi connectivity index (χ0n) is 8.83. The quantitative estimate of drug-likeness (QED) is 0.707. The SMILES string of the molecule is c1cnc2ncnc(N3CCOCC3)c2c1. The maximum Gasteiger partial charge on any atom is 0.164 e. The molecule has 2 aromatic rings. The number of morpholine rings is 1. The van der Waals surface area contributed by atoms with Crippen LogP contribution in [0.25, 0.3) is 11.0 Å². The molecule has 5 nitrogen and oxygen atoms in total. The lowest BCUT2D eigenvalue weighted by Crippen LogP contribution is -2.36. The van der Waals surface area contributed by atoms with Crippen molar-refractivity contribution in [3.8, 4) is 0 Å². The van der Waals surface area contributed by atoms with E-state index in [-0.39, 0.29) is 0 Å². The van der Waals surface area contributed by atoms with Crippen LogP contribution in [-0.2, 0) is 4.74 Å². The van der Waals surface area contributed by atoms with Gasteiger partial charge in [0.2, 0.25) is 0 Å². The number of anilines is 1. The van der Waals surface area contributed by atoms with E-state index >= 15 is 0 Å². The molecular formula is C11H12N4O. The summed E-state index contributed by atoms with van der Waals surface area (Å²) in [6, 6.07) is 3.92. The van der Waals surface area contributed by atoms with Crippen LogP contribution in [-0.4, -0.2) is 41.3 Å². The van der Waals surface area contributed by atoms with Crippen molar-refractivity contribution in [1.29, 1.82) is 0 Å². The van der Waals surface area contributed by atoms with Gasteiger partial charge in [0.25, 0.3) is 0 Å². The van der Waals surface area contributed by atoms with Gasteiger partial charge in [0.05, 0.1) is 18.6 Å². The van der Waals surface area contributed by atoms with E-state index < -0.39 is 0 Å². The molecule has 0 aromatic carbocycles. The molecule has 1 fully saturated rings. The number of ether oxygens (including phenoxy) is 1. The molecule has 3 heterocycles. The van der Waals surface area contributed by atoms with Crippen molar-refractivity contribution >= 4 is 16.9 Å². The van der Waals surface area contributed by atoms with Gasteiger partial charge in [0.1, 0.15) is 12.1 Å². The highest BCUT2D eigenvalue weighted by molar-refractivity contribution is 5.86. The molecule has 0 spiro atoms. The van der Waals surface area contributed by atoms with Crippen LogP contribution in [0.3, 0.4) is 0 Å². The van der Waals surface area contributed by atoms with Crippen molar-refractivity contribution in [2.75, 3.05) is 31.2 Å². The van der Waals surface area contributed by atoms with Crippen molar-refractivity contribution in [3.05, 3.63) is 24.7 Å². The monoisotopic (exact) mass is 216 g/mol. The molecule has 0 N–H and O–H groups in total. The Kier molecular flexibility index (Phi) is 2.38. The third kappa shape index (κ3) is 1.59. The summed E-state index contributed by atoms with van der Waals surface area (Å²) in [5.41, 5.74) is 0.749. The first-order chi connectivity index (χ1) is 7.95. The average Bonchev–Trinajstić information content (AvgIpc) is 2.39. The van der Waals surface area contributed by atoms with E-state index in [1.165, 1.54) is 0 Å². The Morgan fingerprint density at radius 2 is 2.00 bits per heavy atom. The summed E-state index contributed by atoms with van der Waals surface area (Å²) in [4.78, 5) is 15.0. The lowest BCUT2D eigenvalue weighted by molar-refractivity contribution is 0.122. The summed E-state index contributed by atoms with van der Waals surface area (Å²) >= 11 is 0. The molecule has 0 amide bonds. The molecule has 3 rings (SSSR count). The Bertz CT molecular complexity index is 491. The van der Waals surface area contributed by atoms with E-state index in [2.05, 4.69) is 19.9 Å². The minimum Gasteiger partial charge on any atom is -0.378 e. The molecule has 0 saturated carbocycles. The highest BCUT2D eigenvalue weighted by Gasteiger charge is 2.15. The van der Waals surface area contributed by atoms with Crippen molar-refractivity contribution in [2.24, 2.45) is 0 Å². The number of hydrogen-bond donors (Lipinski definition) is 0. The largest absolute Gasteiger partial charge is 0.378 e. The number of rotatable bonds is 1. The zero-order valence-corrected chi connectivity index (χ0v) is 8.83. The normalized spacial score (nSPS) is 16.6. The third-order valence-corrected chi connectivity index (χ3v) is 2.70. The van der Waals surface area contributed by atoms with Crippen LogP contribution in [0.2, 0.25) is 0 Å². The topological polar surface area (TPSA) is 51.1 Å². The highest BCUT2D eigenvalue weighted by Crippen LogP contribution is 2.21. The number of aromatic nitrogens is 3. The summed E-state index contributed by atoms with van der Waals surface area (Å²) < 4.78 is 5.33.